The number of nitrogens with zero attached hydrogens (tertiary/aromatic N) is 1. The van der Waals surface area contributed by atoms with Gasteiger partial charge < -0.3 is 15.5 Å². The summed E-state index contributed by atoms with van der Waals surface area (Å²) >= 11 is 18.6. The highest BCUT2D eigenvalue weighted by molar-refractivity contribution is 7.16. The van der Waals surface area contributed by atoms with Crippen molar-refractivity contribution in [2.24, 2.45) is 5.16 Å². The minimum Gasteiger partial charge on any atom is -0.374 e. The van der Waals surface area contributed by atoms with Crippen LogP contribution in [0.1, 0.15) is 32.1 Å². The first-order chi connectivity index (χ1) is 16.6. The summed E-state index contributed by atoms with van der Waals surface area (Å²) in [6.07, 6.45) is -10.4. The van der Waals surface area contributed by atoms with Crippen molar-refractivity contribution in [1.29, 1.82) is 0 Å². The predicted octanol–water partition coefficient (Wildman–Crippen LogP) is 6.01. The summed E-state index contributed by atoms with van der Waals surface area (Å²) in [7, 11) is 0. The molecule has 0 fully saturated rings. The van der Waals surface area contributed by atoms with Crippen LogP contribution in [-0.4, -0.2) is 43.0 Å². The summed E-state index contributed by atoms with van der Waals surface area (Å²) in [4.78, 5) is 29.0. The van der Waals surface area contributed by atoms with Gasteiger partial charge in [-0.3, -0.25) is 9.59 Å². The van der Waals surface area contributed by atoms with E-state index in [1.54, 1.807) is 5.32 Å². The van der Waals surface area contributed by atoms with Crippen LogP contribution in [0, 0.1) is 6.92 Å². The second-order valence-corrected chi connectivity index (χ2v) is 9.77. The first-order valence-electron chi connectivity index (χ1n) is 9.74. The lowest BCUT2D eigenvalue weighted by atomic mass is 9.87. The molecule has 6 nitrogen and oxygen atoms in total. The first-order valence-corrected chi connectivity index (χ1v) is 11.7. The maximum atomic E-state index is 14.2. The molecule has 2 aromatic rings. The Balaban J connectivity index is 1.79. The molecular weight excluding hydrogens is 583 g/mol. The van der Waals surface area contributed by atoms with Gasteiger partial charge in [0.05, 0.1) is 37.8 Å². The Hall–Kier alpha value is -2.22. The molecule has 0 bridgehead atoms. The highest BCUT2D eigenvalue weighted by atomic mass is 35.5. The molecule has 0 saturated carbocycles. The van der Waals surface area contributed by atoms with E-state index < -0.39 is 59.9 Å². The molecule has 196 valence electrons. The molecule has 1 aromatic heterocycles. The van der Waals surface area contributed by atoms with Gasteiger partial charge in [-0.1, -0.05) is 46.0 Å². The van der Waals surface area contributed by atoms with Crippen LogP contribution >= 0.6 is 46.1 Å². The van der Waals surface area contributed by atoms with Crippen molar-refractivity contribution < 1.29 is 40.8 Å². The molecule has 36 heavy (non-hydrogen) atoms. The lowest BCUT2D eigenvalue weighted by Gasteiger charge is -2.30. The number of hydrogen-bond acceptors (Lipinski definition) is 5. The average Bonchev–Trinajstić information content (AvgIpc) is 3.38. The quantitative estimate of drug-likeness (QED) is 0.317. The van der Waals surface area contributed by atoms with Crippen LogP contribution in [0.15, 0.2) is 23.4 Å². The Morgan fingerprint density at radius 2 is 1.78 bits per heavy atom. The average molecular weight is 597 g/mol. The van der Waals surface area contributed by atoms with Crippen molar-refractivity contribution in [2.45, 2.75) is 31.3 Å². The fourth-order valence-electron chi connectivity index (χ4n) is 3.20. The summed E-state index contributed by atoms with van der Waals surface area (Å²) in [5, 5.41) is 6.56. The molecule has 0 radical (unpaired) electrons. The molecule has 1 aliphatic rings. The van der Waals surface area contributed by atoms with Crippen molar-refractivity contribution in [3.8, 4) is 0 Å². The number of oxime groups is 1. The molecule has 3 rings (SSSR count). The van der Waals surface area contributed by atoms with Gasteiger partial charge in [0.25, 0.3) is 11.5 Å². The minimum absolute atomic E-state index is 0.0217. The zero-order chi connectivity index (χ0) is 27.1. The minimum atomic E-state index is -4.98. The van der Waals surface area contributed by atoms with Gasteiger partial charge in [-0.15, -0.1) is 11.3 Å². The number of rotatable bonds is 6. The van der Waals surface area contributed by atoms with Crippen molar-refractivity contribution >= 4 is 63.7 Å². The Kier molecular flexibility index (Phi) is 8.09. The standard InChI is InChI=1S/C20H14Cl3F6N3O3S/c1-8-4-12(36-16(8)17(34)30-6-13(33)31-7-19(24,25)26)11-5-18(35-32-11,20(27,28)29)9-2-3-10(21)15(23)14(9)22/h2-4H,5-7H2,1H3,(H,30,34)(H,31,33)/t18-/m0/s1. The van der Waals surface area contributed by atoms with E-state index in [-0.39, 0.29) is 25.5 Å². The summed E-state index contributed by atoms with van der Waals surface area (Å²) in [6.45, 7) is -0.811. The van der Waals surface area contributed by atoms with Crippen molar-refractivity contribution in [3.05, 3.63) is 54.1 Å². The fraction of sp³-hybridized carbons (Fsp3) is 0.350. The topological polar surface area (TPSA) is 79.8 Å². The van der Waals surface area contributed by atoms with Crippen molar-refractivity contribution in [2.75, 3.05) is 13.1 Å². The number of amides is 2. The molecule has 2 N–H and O–H groups in total. The Bertz CT molecular complexity index is 1230. The molecule has 0 spiro atoms. The molecule has 1 atom stereocenters. The van der Waals surface area contributed by atoms with E-state index in [4.69, 9.17) is 39.6 Å². The van der Waals surface area contributed by atoms with Crippen LogP contribution in [-0.2, 0) is 15.2 Å². The van der Waals surface area contributed by atoms with E-state index in [0.29, 0.717) is 5.56 Å². The molecule has 16 heteroatoms. The third kappa shape index (κ3) is 5.84. The summed E-state index contributed by atoms with van der Waals surface area (Å²) in [6, 6.07) is 3.57. The number of hydrogen-bond donors (Lipinski definition) is 2. The van der Waals surface area contributed by atoms with Crippen LogP contribution in [0.2, 0.25) is 15.1 Å². The monoisotopic (exact) mass is 595 g/mol. The lowest BCUT2D eigenvalue weighted by molar-refractivity contribution is -0.275. The zero-order valence-electron chi connectivity index (χ0n) is 17.8. The number of aryl methyl sites for hydroxylation is 1. The second-order valence-electron chi connectivity index (χ2n) is 7.55. The van der Waals surface area contributed by atoms with Gasteiger partial charge >= 0.3 is 12.4 Å². The van der Waals surface area contributed by atoms with Gasteiger partial charge in [0, 0.05) is 5.56 Å². The molecule has 1 aromatic carbocycles. The normalized spacial score (nSPS) is 18.0. The molecule has 1 aliphatic heterocycles. The summed E-state index contributed by atoms with van der Waals surface area (Å²) < 4.78 is 79.2. The number of thiophene rings is 1. The summed E-state index contributed by atoms with van der Waals surface area (Å²) in [5.41, 5.74) is -3.27. The highest BCUT2D eigenvalue weighted by Crippen LogP contribution is 2.52. The Morgan fingerprint density at radius 1 is 1.11 bits per heavy atom. The maximum Gasteiger partial charge on any atom is 0.435 e. The predicted molar refractivity (Wildman–Crippen MR) is 122 cm³/mol. The Morgan fingerprint density at radius 3 is 2.39 bits per heavy atom. The van der Waals surface area contributed by atoms with Gasteiger partial charge in [-0.2, -0.15) is 26.3 Å². The molecule has 2 heterocycles. The second kappa shape index (κ2) is 10.3. The summed E-state index contributed by atoms with van der Waals surface area (Å²) in [5.74, 6) is -1.88. The van der Waals surface area contributed by atoms with E-state index in [9.17, 15) is 35.9 Å². The van der Waals surface area contributed by atoms with E-state index in [1.165, 1.54) is 13.0 Å². The van der Waals surface area contributed by atoms with Crippen LogP contribution in [0.25, 0.3) is 0 Å². The zero-order valence-corrected chi connectivity index (χ0v) is 20.9. The first kappa shape index (κ1) is 28.4. The third-order valence-corrected chi connectivity index (χ3v) is 7.54. The number of carbonyl (C=O) groups excluding carboxylic acids is 2. The fourth-order valence-corrected chi connectivity index (χ4v) is 4.96. The number of alkyl halides is 6. The number of halogens is 9. The highest BCUT2D eigenvalue weighted by Gasteiger charge is 2.63. The lowest BCUT2D eigenvalue weighted by Crippen LogP contribution is -2.43. The molecule has 0 saturated heterocycles. The van der Waals surface area contributed by atoms with E-state index >= 15 is 0 Å². The van der Waals surface area contributed by atoms with Gasteiger partial charge in [0.2, 0.25) is 5.91 Å². The maximum absolute atomic E-state index is 14.2. The molecule has 0 unspecified atom stereocenters. The van der Waals surface area contributed by atoms with Gasteiger partial charge in [-0.05, 0) is 24.6 Å². The van der Waals surface area contributed by atoms with Gasteiger partial charge in [0.1, 0.15) is 12.3 Å². The van der Waals surface area contributed by atoms with E-state index in [2.05, 4.69) is 10.5 Å². The van der Waals surface area contributed by atoms with E-state index in [0.717, 1.165) is 23.5 Å². The van der Waals surface area contributed by atoms with Crippen LogP contribution in [0.5, 0.6) is 0 Å². The third-order valence-electron chi connectivity index (χ3n) is 4.96. The number of nitrogens with one attached hydrogen (secondary N) is 2. The smallest absolute Gasteiger partial charge is 0.374 e. The SMILES string of the molecule is Cc1cc(C2=NO[C@@](c3ccc(Cl)c(Cl)c3Cl)(C(F)(F)F)C2)sc1C(=O)NCC(=O)NCC(F)(F)F. The van der Waals surface area contributed by atoms with Gasteiger partial charge in [-0.25, -0.2) is 0 Å². The number of benzene rings is 1. The molecule has 0 aliphatic carbocycles. The molecular formula is C20H14Cl3F6N3O3S. The molecule has 2 amide bonds. The van der Waals surface area contributed by atoms with Crippen molar-refractivity contribution in [3.63, 3.8) is 0 Å². The Labute approximate surface area is 218 Å². The van der Waals surface area contributed by atoms with Crippen LogP contribution < -0.4 is 10.6 Å². The van der Waals surface area contributed by atoms with Gasteiger partial charge in [0.15, 0.2) is 0 Å². The van der Waals surface area contributed by atoms with Crippen LogP contribution in [0.3, 0.4) is 0 Å². The van der Waals surface area contributed by atoms with Crippen LogP contribution in [0.4, 0.5) is 26.3 Å². The van der Waals surface area contributed by atoms with E-state index in [1.807, 2.05) is 0 Å². The van der Waals surface area contributed by atoms with Crippen molar-refractivity contribution in [1.82, 2.24) is 10.6 Å². The largest absolute Gasteiger partial charge is 0.435 e. The number of carbonyl (C=O) groups is 2.